The van der Waals surface area contributed by atoms with Crippen LogP contribution < -0.4 is 10.6 Å². The van der Waals surface area contributed by atoms with Crippen LogP contribution in [-0.4, -0.2) is 42.7 Å². The number of nitrogens with zero attached hydrogens (tertiary/aromatic N) is 2. The van der Waals surface area contributed by atoms with Gasteiger partial charge < -0.3 is 10.6 Å². The van der Waals surface area contributed by atoms with E-state index < -0.39 is 0 Å². The van der Waals surface area contributed by atoms with Gasteiger partial charge in [-0.25, -0.2) is 0 Å². The van der Waals surface area contributed by atoms with Gasteiger partial charge in [0.2, 0.25) is 0 Å². The van der Waals surface area contributed by atoms with Crippen LogP contribution in [0.25, 0.3) is 10.4 Å². The first kappa shape index (κ1) is 23.0. The Hall–Kier alpha value is -2.80. The van der Waals surface area contributed by atoms with Crippen molar-refractivity contribution in [2.75, 3.05) is 26.2 Å². The Kier molecular flexibility index (Phi) is 6.90. The van der Waals surface area contributed by atoms with Crippen molar-refractivity contribution in [2.45, 2.75) is 39.3 Å². The largest absolute Gasteiger partial charge is 0.346 e. The van der Waals surface area contributed by atoms with E-state index in [4.69, 9.17) is 0 Å². The van der Waals surface area contributed by atoms with Gasteiger partial charge in [-0.05, 0) is 86.8 Å². The predicted octanol–water partition coefficient (Wildman–Crippen LogP) is 5.49. The molecule has 2 N–H and O–H groups in total. The molecule has 0 spiro atoms. The molecular formula is C28H32N4OS. The van der Waals surface area contributed by atoms with Crippen molar-refractivity contribution in [1.82, 2.24) is 15.5 Å². The molecule has 6 heteroatoms. The van der Waals surface area contributed by atoms with Gasteiger partial charge in [-0.15, -0.1) is 11.3 Å². The summed E-state index contributed by atoms with van der Waals surface area (Å²) in [5, 5.41) is 6.39. The molecule has 0 unspecified atom stereocenters. The van der Waals surface area contributed by atoms with Gasteiger partial charge in [0.05, 0.1) is 11.7 Å². The molecule has 2 fully saturated rings. The molecule has 1 amide bonds. The fourth-order valence-corrected chi connectivity index (χ4v) is 5.57. The zero-order chi connectivity index (χ0) is 23.5. The summed E-state index contributed by atoms with van der Waals surface area (Å²) in [4.78, 5) is 23.0. The standard InChI is InChI=1S/C28H32N4OS/c1-19-8-9-23(31-24-16-29-17-24)15-26(19)28(33)30-20(2)21-6-5-7-22(14-21)27-11-10-25(34-27)18-32-12-3-4-13-32/h5-11,14-15,20,29H,3-4,12-13,16-18H2,1-2H3,(H,30,33)/t20-/m1/s1. The first-order valence-electron chi connectivity index (χ1n) is 12.2. The molecule has 176 valence electrons. The maximum absolute atomic E-state index is 13.1. The summed E-state index contributed by atoms with van der Waals surface area (Å²) < 4.78 is 0. The first-order chi connectivity index (χ1) is 16.5. The molecule has 2 aliphatic rings. The number of nitrogens with one attached hydrogen (secondary N) is 2. The number of carbonyl (C=O) groups excluding carboxylic acids is 1. The normalized spacial score (nSPS) is 16.8. The third-order valence-corrected chi connectivity index (χ3v) is 7.79. The van der Waals surface area contributed by atoms with Gasteiger partial charge >= 0.3 is 0 Å². The number of likely N-dealkylation sites (tertiary alicyclic amines) is 1. The van der Waals surface area contributed by atoms with Crippen LogP contribution in [0.4, 0.5) is 5.69 Å². The van der Waals surface area contributed by atoms with Crippen LogP contribution in [0.2, 0.25) is 0 Å². The van der Waals surface area contributed by atoms with Gasteiger partial charge in [-0.3, -0.25) is 14.7 Å². The highest BCUT2D eigenvalue weighted by atomic mass is 32.1. The summed E-state index contributed by atoms with van der Waals surface area (Å²) in [5.41, 5.74) is 5.91. The van der Waals surface area contributed by atoms with Crippen LogP contribution in [0.1, 0.15) is 52.2 Å². The second kappa shape index (κ2) is 10.2. The topological polar surface area (TPSA) is 56.7 Å². The molecule has 3 aromatic rings. The molecule has 5 nitrogen and oxygen atoms in total. The lowest BCUT2D eigenvalue weighted by molar-refractivity contribution is 0.0939. The van der Waals surface area contributed by atoms with Gasteiger partial charge in [-0.1, -0.05) is 24.3 Å². The van der Waals surface area contributed by atoms with Crippen LogP contribution in [0.5, 0.6) is 0 Å². The van der Waals surface area contributed by atoms with Crippen LogP contribution in [0, 0.1) is 6.92 Å². The highest BCUT2D eigenvalue weighted by Gasteiger charge is 2.17. The van der Waals surface area contributed by atoms with Crippen LogP contribution in [0.3, 0.4) is 0 Å². The van der Waals surface area contributed by atoms with Crippen molar-refractivity contribution in [3.8, 4) is 10.4 Å². The fraction of sp³-hybridized carbons (Fsp3) is 0.357. The number of benzene rings is 2. The van der Waals surface area contributed by atoms with E-state index in [-0.39, 0.29) is 11.9 Å². The second-order valence-corrected chi connectivity index (χ2v) is 10.5. The number of aliphatic imine (C=N–C) groups is 1. The number of rotatable bonds is 7. The summed E-state index contributed by atoms with van der Waals surface area (Å²) >= 11 is 1.87. The van der Waals surface area contributed by atoms with E-state index in [1.54, 1.807) is 0 Å². The van der Waals surface area contributed by atoms with Crippen molar-refractivity contribution in [1.29, 1.82) is 0 Å². The number of thiophene rings is 1. The third-order valence-electron chi connectivity index (χ3n) is 6.67. The molecule has 1 aromatic heterocycles. The Morgan fingerprint density at radius 3 is 2.71 bits per heavy atom. The van der Waals surface area contributed by atoms with Crippen molar-refractivity contribution in [2.24, 2.45) is 4.99 Å². The predicted molar refractivity (Wildman–Crippen MR) is 141 cm³/mol. The van der Waals surface area contributed by atoms with Crippen LogP contribution >= 0.6 is 11.3 Å². The minimum absolute atomic E-state index is 0.0618. The molecular weight excluding hydrogens is 440 g/mol. The highest BCUT2D eigenvalue weighted by molar-refractivity contribution is 7.15. The zero-order valence-corrected chi connectivity index (χ0v) is 20.8. The lowest BCUT2D eigenvalue weighted by Gasteiger charge is -2.18. The molecule has 34 heavy (non-hydrogen) atoms. The molecule has 1 atom stereocenters. The molecule has 0 aliphatic carbocycles. The number of aryl methyl sites for hydroxylation is 1. The Labute approximate surface area is 205 Å². The minimum atomic E-state index is -0.0957. The molecule has 5 rings (SSSR count). The monoisotopic (exact) mass is 472 g/mol. The van der Waals surface area contributed by atoms with Crippen LogP contribution in [0.15, 0.2) is 59.6 Å². The molecule has 3 heterocycles. The molecule has 0 saturated carbocycles. The summed E-state index contributed by atoms with van der Waals surface area (Å²) in [6.45, 7) is 9.15. The second-order valence-electron chi connectivity index (χ2n) is 9.35. The number of amides is 1. The van der Waals surface area contributed by atoms with E-state index >= 15 is 0 Å². The summed E-state index contributed by atoms with van der Waals surface area (Å²) in [6.07, 6.45) is 2.64. The number of carbonyl (C=O) groups is 1. The smallest absolute Gasteiger partial charge is 0.252 e. The fourth-order valence-electron chi connectivity index (χ4n) is 4.52. The lowest BCUT2D eigenvalue weighted by atomic mass is 10.0. The number of hydrogen-bond donors (Lipinski definition) is 2. The van der Waals surface area contributed by atoms with E-state index in [0.29, 0.717) is 5.56 Å². The minimum Gasteiger partial charge on any atom is -0.346 e. The first-order valence-corrected chi connectivity index (χ1v) is 13.0. The SMILES string of the molecule is Cc1ccc(N=C2CNC2)cc1C(=O)N[C@H](C)c1cccc(-c2ccc(CN3CCCC3)s2)c1. The van der Waals surface area contributed by atoms with E-state index in [0.717, 1.165) is 42.2 Å². The van der Waals surface area contributed by atoms with Crippen molar-refractivity contribution in [3.05, 3.63) is 76.2 Å². The molecule has 2 aliphatic heterocycles. The van der Waals surface area contributed by atoms with E-state index in [9.17, 15) is 4.79 Å². The highest BCUT2D eigenvalue weighted by Crippen LogP contribution is 2.31. The Bertz CT molecular complexity index is 1200. The average molecular weight is 473 g/mol. The van der Waals surface area contributed by atoms with Crippen molar-refractivity contribution >= 4 is 28.6 Å². The van der Waals surface area contributed by atoms with Crippen molar-refractivity contribution in [3.63, 3.8) is 0 Å². The Morgan fingerprint density at radius 2 is 1.94 bits per heavy atom. The van der Waals surface area contributed by atoms with Gasteiger partial charge in [0.25, 0.3) is 5.91 Å². The maximum Gasteiger partial charge on any atom is 0.252 e. The summed E-state index contributed by atoms with van der Waals surface area (Å²) in [7, 11) is 0. The Balaban J connectivity index is 1.28. The Morgan fingerprint density at radius 1 is 1.12 bits per heavy atom. The van der Waals surface area contributed by atoms with E-state index in [1.807, 2.05) is 43.4 Å². The molecule has 2 saturated heterocycles. The number of hydrogen-bond acceptors (Lipinski definition) is 5. The van der Waals surface area contributed by atoms with Crippen molar-refractivity contribution < 1.29 is 4.79 Å². The summed E-state index contributed by atoms with van der Waals surface area (Å²) in [5.74, 6) is -0.0618. The third kappa shape index (κ3) is 5.30. The van der Waals surface area contributed by atoms with E-state index in [2.05, 4.69) is 56.9 Å². The molecule has 2 aromatic carbocycles. The van der Waals surface area contributed by atoms with Gasteiger partial charge in [0.1, 0.15) is 0 Å². The van der Waals surface area contributed by atoms with Gasteiger partial charge in [0, 0.05) is 40.7 Å². The van der Waals surface area contributed by atoms with Crippen LogP contribution in [-0.2, 0) is 6.54 Å². The van der Waals surface area contributed by atoms with Gasteiger partial charge in [0.15, 0.2) is 0 Å². The quantitative estimate of drug-likeness (QED) is 0.478. The zero-order valence-electron chi connectivity index (χ0n) is 19.9. The van der Waals surface area contributed by atoms with E-state index in [1.165, 1.54) is 41.2 Å². The summed E-state index contributed by atoms with van der Waals surface area (Å²) in [6, 6.07) is 18.8. The average Bonchev–Trinajstić information content (AvgIpc) is 3.50. The lowest BCUT2D eigenvalue weighted by Crippen LogP contribution is -2.42. The maximum atomic E-state index is 13.1. The molecule has 0 bridgehead atoms. The van der Waals surface area contributed by atoms with Gasteiger partial charge in [-0.2, -0.15) is 0 Å². The molecule has 0 radical (unpaired) electrons.